The van der Waals surface area contributed by atoms with Gasteiger partial charge in [-0.1, -0.05) is 62.4 Å². The number of hydrogen-bond acceptors (Lipinski definition) is 5. The molecule has 0 heterocycles. The van der Waals surface area contributed by atoms with Crippen LogP contribution in [0.2, 0.25) is 0 Å². The predicted molar refractivity (Wildman–Crippen MR) is 143 cm³/mol. The van der Waals surface area contributed by atoms with Gasteiger partial charge in [-0.25, -0.2) is 0 Å². The van der Waals surface area contributed by atoms with Gasteiger partial charge in [0.15, 0.2) is 0 Å². The molecule has 0 atom stereocenters. The fourth-order valence-electron chi connectivity index (χ4n) is 5.20. The van der Waals surface area contributed by atoms with E-state index in [1.54, 1.807) is 0 Å². The zero-order chi connectivity index (χ0) is 25.2. The van der Waals surface area contributed by atoms with Crippen molar-refractivity contribution in [2.75, 3.05) is 17.2 Å². The van der Waals surface area contributed by atoms with E-state index in [-0.39, 0.29) is 12.3 Å². The monoisotopic (exact) mass is 493 g/mol. The minimum atomic E-state index is -0.863. The summed E-state index contributed by atoms with van der Waals surface area (Å²) in [6.45, 7) is 0.657. The number of rotatable bonds is 12. The van der Waals surface area contributed by atoms with Crippen molar-refractivity contribution in [3.05, 3.63) is 53.6 Å². The minimum Gasteiger partial charge on any atom is -0.488 e. The van der Waals surface area contributed by atoms with Crippen LogP contribution in [0, 0.1) is 0 Å². The highest BCUT2D eigenvalue weighted by molar-refractivity contribution is 6.03. The lowest BCUT2D eigenvalue weighted by Gasteiger charge is -2.26. The largest absolute Gasteiger partial charge is 0.488 e. The summed E-state index contributed by atoms with van der Waals surface area (Å²) < 4.78 is 6.29. The van der Waals surface area contributed by atoms with Crippen molar-refractivity contribution in [3.63, 3.8) is 0 Å². The van der Waals surface area contributed by atoms with E-state index in [2.05, 4.69) is 22.0 Å². The highest BCUT2D eigenvalue weighted by atomic mass is 16.5. The first-order chi connectivity index (χ1) is 17.6. The highest BCUT2D eigenvalue weighted by Gasteiger charge is 2.24. The van der Waals surface area contributed by atoms with E-state index in [0.717, 1.165) is 42.6 Å². The molecule has 4 N–H and O–H groups in total. The molecule has 0 bridgehead atoms. The first kappa shape index (κ1) is 25.9. The number of anilines is 2. The summed E-state index contributed by atoms with van der Waals surface area (Å²) in [5.41, 5.74) is 3.26. The van der Waals surface area contributed by atoms with Gasteiger partial charge < -0.3 is 25.8 Å². The quantitative estimate of drug-likeness (QED) is 0.272. The number of carboxylic acids is 1. The normalized spacial score (nSPS) is 16.4. The lowest BCUT2D eigenvalue weighted by atomic mass is 9.95. The van der Waals surface area contributed by atoms with Gasteiger partial charge in [0.05, 0.1) is 5.69 Å². The van der Waals surface area contributed by atoms with E-state index < -0.39 is 5.97 Å². The van der Waals surface area contributed by atoms with Crippen LogP contribution in [0.1, 0.15) is 86.6 Å². The average Bonchev–Trinajstić information content (AvgIpc) is 3.39. The van der Waals surface area contributed by atoms with Gasteiger partial charge in [-0.05, 0) is 43.7 Å². The Balaban J connectivity index is 1.62. The smallest absolute Gasteiger partial charge is 0.303 e. The lowest BCUT2D eigenvalue weighted by Crippen LogP contribution is -2.28. The molecule has 194 valence electrons. The predicted octanol–water partition coefficient (Wildman–Crippen LogP) is 5.96. The maximum Gasteiger partial charge on any atom is 0.303 e. The number of amides is 1. The van der Waals surface area contributed by atoms with Gasteiger partial charge in [0.25, 0.3) is 5.91 Å². The Kier molecular flexibility index (Phi) is 9.47. The number of ether oxygens (including phenoxy) is 1. The van der Waals surface area contributed by atoms with Crippen molar-refractivity contribution in [3.8, 4) is 5.75 Å². The van der Waals surface area contributed by atoms with Crippen LogP contribution in [-0.2, 0) is 11.4 Å². The molecule has 7 nitrogen and oxygen atoms in total. The molecular weight excluding hydrogens is 454 g/mol. The molecular formula is C29H39N3O4. The van der Waals surface area contributed by atoms with Crippen molar-refractivity contribution in [1.82, 2.24) is 5.32 Å². The third-order valence-corrected chi connectivity index (χ3v) is 7.11. The third-order valence-electron chi connectivity index (χ3n) is 7.11. The zero-order valence-electron chi connectivity index (χ0n) is 21.1. The van der Waals surface area contributed by atoms with Gasteiger partial charge in [0.1, 0.15) is 17.9 Å². The molecule has 1 amide bonds. The molecule has 2 aromatic rings. The topological polar surface area (TPSA) is 99.7 Å². The third kappa shape index (κ3) is 7.64. The van der Waals surface area contributed by atoms with Crippen molar-refractivity contribution >= 4 is 23.3 Å². The fraction of sp³-hybridized carbons (Fsp3) is 0.517. The number of aliphatic carboxylic acids is 1. The first-order valence-corrected chi connectivity index (χ1v) is 13.5. The molecule has 2 aliphatic carbocycles. The summed E-state index contributed by atoms with van der Waals surface area (Å²) in [5, 5.41) is 19.2. The molecule has 2 saturated carbocycles. The second kappa shape index (κ2) is 13.2. The maximum atomic E-state index is 13.4. The zero-order valence-corrected chi connectivity index (χ0v) is 21.1. The van der Waals surface area contributed by atoms with Crippen molar-refractivity contribution in [2.24, 2.45) is 0 Å². The summed E-state index contributed by atoms with van der Waals surface area (Å²) in [6.07, 6.45) is 11.0. The first-order valence-electron chi connectivity index (χ1n) is 13.5. The van der Waals surface area contributed by atoms with Crippen LogP contribution in [0.25, 0.3) is 0 Å². The Morgan fingerprint density at radius 3 is 2.25 bits per heavy atom. The molecule has 0 spiro atoms. The summed E-state index contributed by atoms with van der Waals surface area (Å²) >= 11 is 0. The summed E-state index contributed by atoms with van der Waals surface area (Å²) in [4.78, 5) is 24.3. The van der Waals surface area contributed by atoms with Crippen LogP contribution in [0.5, 0.6) is 5.75 Å². The van der Waals surface area contributed by atoms with Gasteiger partial charge in [-0.2, -0.15) is 0 Å². The lowest BCUT2D eigenvalue weighted by molar-refractivity contribution is -0.137. The van der Waals surface area contributed by atoms with Gasteiger partial charge in [0.2, 0.25) is 0 Å². The highest BCUT2D eigenvalue weighted by Crippen LogP contribution is 2.35. The summed E-state index contributed by atoms with van der Waals surface area (Å²) in [6, 6.07) is 14.7. The van der Waals surface area contributed by atoms with Crippen LogP contribution in [0.4, 0.5) is 11.4 Å². The summed E-state index contributed by atoms with van der Waals surface area (Å²) in [5.74, 6) is -0.568. The molecule has 4 rings (SSSR count). The van der Waals surface area contributed by atoms with E-state index in [9.17, 15) is 9.59 Å². The van der Waals surface area contributed by atoms with E-state index in [1.807, 2.05) is 36.4 Å². The Labute approximate surface area is 214 Å². The number of benzene rings is 2. The van der Waals surface area contributed by atoms with Crippen LogP contribution in [-0.4, -0.2) is 35.6 Å². The van der Waals surface area contributed by atoms with Crippen molar-refractivity contribution in [1.29, 1.82) is 0 Å². The molecule has 0 aromatic heterocycles. The fourth-order valence-corrected chi connectivity index (χ4v) is 5.20. The molecule has 0 unspecified atom stereocenters. The number of carbonyl (C=O) groups is 2. The number of carboxylic acid groups (broad SMARTS) is 1. The van der Waals surface area contributed by atoms with Gasteiger partial charge >= 0.3 is 5.97 Å². The number of carbonyl (C=O) groups excluding carboxylic acids is 1. The molecule has 0 aliphatic heterocycles. The number of nitrogens with one attached hydrogen (secondary N) is 3. The SMILES string of the molecule is O=C(O)CCCNC(=O)c1c(NC2CCCC2)cc(NC2CCCCC2)cc1OCc1ccccc1. The molecule has 7 heteroatoms. The molecule has 0 radical (unpaired) electrons. The molecule has 2 aromatic carbocycles. The Hall–Kier alpha value is -3.22. The Morgan fingerprint density at radius 1 is 0.889 bits per heavy atom. The van der Waals surface area contributed by atoms with Gasteiger partial charge in [-0.15, -0.1) is 0 Å². The molecule has 0 saturated heterocycles. The molecule has 2 aliphatic rings. The Bertz CT molecular complexity index is 999. The van der Waals surface area contributed by atoms with Crippen LogP contribution >= 0.6 is 0 Å². The second-order valence-corrected chi connectivity index (χ2v) is 10.0. The second-order valence-electron chi connectivity index (χ2n) is 10.0. The molecule has 2 fully saturated rings. The van der Waals surface area contributed by atoms with Crippen molar-refractivity contribution in [2.45, 2.75) is 89.3 Å². The summed E-state index contributed by atoms with van der Waals surface area (Å²) in [7, 11) is 0. The number of hydrogen-bond donors (Lipinski definition) is 4. The minimum absolute atomic E-state index is 0.0229. The van der Waals surface area contributed by atoms with E-state index >= 15 is 0 Å². The molecule has 36 heavy (non-hydrogen) atoms. The van der Waals surface area contributed by atoms with Crippen LogP contribution < -0.4 is 20.7 Å². The van der Waals surface area contributed by atoms with E-state index in [0.29, 0.717) is 43.0 Å². The van der Waals surface area contributed by atoms with E-state index in [4.69, 9.17) is 9.84 Å². The van der Waals surface area contributed by atoms with Crippen LogP contribution in [0.3, 0.4) is 0 Å². The average molecular weight is 494 g/mol. The standard InChI is InChI=1S/C29H39N3O4/c33-27(34)16-9-17-30-29(35)28-25(32-23-14-7-8-15-23)18-24(31-22-12-5-2-6-13-22)19-26(28)36-20-21-10-3-1-4-11-21/h1,3-4,10-11,18-19,22-23,31-32H,2,5-9,12-17,20H2,(H,30,35)(H,33,34). The van der Waals surface area contributed by atoms with Crippen molar-refractivity contribution < 1.29 is 19.4 Å². The van der Waals surface area contributed by atoms with Gasteiger partial charge in [-0.3, -0.25) is 9.59 Å². The van der Waals surface area contributed by atoms with E-state index in [1.165, 1.54) is 32.1 Å². The maximum absolute atomic E-state index is 13.4. The Morgan fingerprint density at radius 2 is 1.56 bits per heavy atom. The van der Waals surface area contributed by atoms with Crippen LogP contribution in [0.15, 0.2) is 42.5 Å². The van der Waals surface area contributed by atoms with Gasteiger partial charge in [0, 0.05) is 36.8 Å².